The van der Waals surface area contributed by atoms with Crippen LogP contribution in [-0.4, -0.2) is 31.1 Å². The number of carbonyl (C=O) groups excluding carboxylic acids is 1. The van der Waals surface area contributed by atoms with E-state index in [1.54, 1.807) is 12.1 Å². The van der Waals surface area contributed by atoms with Crippen LogP contribution in [0.1, 0.15) is 30.9 Å². The van der Waals surface area contributed by atoms with Crippen molar-refractivity contribution in [3.63, 3.8) is 0 Å². The number of hydrogen-bond acceptors (Lipinski definition) is 5. The molecule has 3 aliphatic rings. The van der Waals surface area contributed by atoms with Crippen LogP contribution in [0.4, 0.5) is 4.39 Å². The van der Waals surface area contributed by atoms with Crippen LogP contribution in [-0.2, 0) is 4.79 Å². The van der Waals surface area contributed by atoms with Crippen molar-refractivity contribution in [2.45, 2.75) is 37.4 Å². The van der Waals surface area contributed by atoms with E-state index in [9.17, 15) is 9.18 Å². The third-order valence-electron chi connectivity index (χ3n) is 5.53. The van der Waals surface area contributed by atoms with Gasteiger partial charge in [-0.25, -0.2) is 9.82 Å². The summed E-state index contributed by atoms with van der Waals surface area (Å²) in [4.78, 5) is 12.8. The minimum absolute atomic E-state index is 0.0733. The first-order valence-corrected chi connectivity index (χ1v) is 8.73. The van der Waals surface area contributed by atoms with Crippen LogP contribution in [0.15, 0.2) is 24.3 Å². The Labute approximate surface area is 140 Å². The molecule has 1 aromatic rings. The Morgan fingerprint density at radius 3 is 2.71 bits per heavy atom. The summed E-state index contributed by atoms with van der Waals surface area (Å²) in [6.07, 6.45) is 3.12. The molecule has 1 saturated carbocycles. The van der Waals surface area contributed by atoms with Gasteiger partial charge in [0.05, 0.1) is 12.0 Å². The van der Waals surface area contributed by atoms with Gasteiger partial charge < -0.3 is 5.32 Å². The van der Waals surface area contributed by atoms with E-state index in [0.717, 1.165) is 31.4 Å². The highest BCUT2D eigenvalue weighted by Gasteiger charge is 2.38. The van der Waals surface area contributed by atoms with Gasteiger partial charge in [-0.2, -0.15) is 0 Å². The minimum Gasteiger partial charge on any atom is -0.353 e. The molecule has 5 unspecified atom stereocenters. The van der Waals surface area contributed by atoms with Gasteiger partial charge in [-0.1, -0.05) is 12.1 Å². The lowest BCUT2D eigenvalue weighted by molar-refractivity contribution is -0.126. The Hall–Kier alpha value is -1.54. The third kappa shape index (κ3) is 3.17. The number of amides is 1. The van der Waals surface area contributed by atoms with Crippen molar-refractivity contribution in [3.05, 3.63) is 35.6 Å². The summed E-state index contributed by atoms with van der Waals surface area (Å²) in [6, 6.07) is 7.01. The molecule has 130 valence electrons. The molecule has 1 aromatic carbocycles. The summed E-state index contributed by atoms with van der Waals surface area (Å²) >= 11 is 0. The van der Waals surface area contributed by atoms with Crippen molar-refractivity contribution in [1.82, 2.24) is 27.0 Å². The van der Waals surface area contributed by atoms with Crippen LogP contribution >= 0.6 is 0 Å². The van der Waals surface area contributed by atoms with E-state index >= 15 is 0 Å². The fourth-order valence-electron chi connectivity index (χ4n) is 4.17. The largest absolute Gasteiger partial charge is 0.353 e. The first kappa shape index (κ1) is 16.0. The molecular formula is C17H24FN5O. The zero-order valence-electron chi connectivity index (χ0n) is 13.5. The molecular weight excluding hydrogens is 309 g/mol. The van der Waals surface area contributed by atoms with Crippen LogP contribution in [0.3, 0.4) is 0 Å². The van der Waals surface area contributed by atoms with Gasteiger partial charge in [-0.15, -0.1) is 0 Å². The molecule has 2 heterocycles. The van der Waals surface area contributed by atoms with Crippen molar-refractivity contribution in [2.24, 2.45) is 11.8 Å². The number of hydrogen-bond donors (Lipinski definition) is 5. The van der Waals surface area contributed by atoms with Crippen LogP contribution in [0.5, 0.6) is 0 Å². The molecule has 0 bridgehead atoms. The predicted molar refractivity (Wildman–Crippen MR) is 88.0 cm³/mol. The number of carbonyl (C=O) groups is 1. The Bertz CT molecular complexity index is 595. The SMILES string of the molecule is O=C(NC1CCC2NNCC2C1)C1CNNC1c1ccc(F)cc1. The first-order valence-electron chi connectivity index (χ1n) is 8.73. The molecule has 1 amide bonds. The molecule has 2 aliphatic heterocycles. The van der Waals surface area contributed by atoms with Crippen LogP contribution in [0.25, 0.3) is 0 Å². The van der Waals surface area contributed by atoms with Gasteiger partial charge in [0.1, 0.15) is 5.82 Å². The fourth-order valence-corrected chi connectivity index (χ4v) is 4.17. The average Bonchev–Trinajstić information content (AvgIpc) is 3.24. The third-order valence-corrected chi connectivity index (χ3v) is 5.53. The van der Waals surface area contributed by atoms with Crippen molar-refractivity contribution < 1.29 is 9.18 Å². The molecule has 6 nitrogen and oxygen atoms in total. The smallest absolute Gasteiger partial charge is 0.226 e. The predicted octanol–water partition coefficient (Wildman–Crippen LogP) is 0.352. The molecule has 7 heteroatoms. The zero-order valence-corrected chi connectivity index (χ0v) is 13.5. The number of rotatable bonds is 3. The molecule has 0 spiro atoms. The summed E-state index contributed by atoms with van der Waals surface area (Å²) in [5.41, 5.74) is 13.7. The number of benzene rings is 1. The maximum atomic E-state index is 13.1. The molecule has 2 saturated heterocycles. The normalized spacial score (nSPS) is 35.6. The quantitative estimate of drug-likeness (QED) is 0.552. The molecule has 5 atom stereocenters. The topological polar surface area (TPSA) is 77.2 Å². The van der Waals surface area contributed by atoms with Crippen molar-refractivity contribution >= 4 is 5.91 Å². The highest BCUT2D eigenvalue weighted by Crippen LogP contribution is 2.29. The Morgan fingerprint density at radius 1 is 1.08 bits per heavy atom. The minimum atomic E-state index is -0.263. The lowest BCUT2D eigenvalue weighted by atomic mass is 9.82. The standard InChI is InChI=1S/C17H24FN5O/c18-12-3-1-10(2-4-12)16-14(9-20-23-16)17(24)21-13-5-6-15-11(7-13)8-19-22-15/h1-4,11,13-16,19-20,22-23H,5-9H2,(H,21,24). The summed E-state index contributed by atoms with van der Waals surface area (Å²) in [6.45, 7) is 1.55. The number of halogens is 1. The lowest BCUT2D eigenvalue weighted by Gasteiger charge is -2.32. The van der Waals surface area contributed by atoms with Crippen LogP contribution < -0.4 is 27.0 Å². The molecule has 4 rings (SSSR count). The van der Waals surface area contributed by atoms with E-state index in [-0.39, 0.29) is 29.7 Å². The second kappa shape index (κ2) is 6.76. The second-order valence-corrected chi connectivity index (χ2v) is 7.07. The van der Waals surface area contributed by atoms with E-state index in [1.165, 1.54) is 12.1 Å². The molecule has 0 radical (unpaired) electrons. The maximum absolute atomic E-state index is 13.1. The maximum Gasteiger partial charge on any atom is 0.226 e. The highest BCUT2D eigenvalue weighted by atomic mass is 19.1. The Morgan fingerprint density at radius 2 is 1.88 bits per heavy atom. The summed E-state index contributed by atoms with van der Waals surface area (Å²) in [5.74, 6) is 0.218. The van der Waals surface area contributed by atoms with Gasteiger partial charge in [0.2, 0.25) is 5.91 Å². The highest BCUT2D eigenvalue weighted by molar-refractivity contribution is 5.80. The second-order valence-electron chi connectivity index (χ2n) is 7.07. The molecule has 24 heavy (non-hydrogen) atoms. The van der Waals surface area contributed by atoms with Gasteiger partial charge in [0.15, 0.2) is 0 Å². The molecule has 5 N–H and O–H groups in total. The van der Waals surface area contributed by atoms with Crippen LogP contribution in [0.2, 0.25) is 0 Å². The van der Waals surface area contributed by atoms with Crippen molar-refractivity contribution in [3.8, 4) is 0 Å². The summed E-state index contributed by atoms with van der Waals surface area (Å²) in [7, 11) is 0. The molecule has 3 fully saturated rings. The first-order chi connectivity index (χ1) is 11.7. The Balaban J connectivity index is 1.39. The fraction of sp³-hybridized carbons (Fsp3) is 0.588. The number of fused-ring (bicyclic) bond motifs is 1. The summed E-state index contributed by atoms with van der Waals surface area (Å²) < 4.78 is 13.1. The van der Waals surface area contributed by atoms with Crippen molar-refractivity contribution in [1.29, 1.82) is 0 Å². The van der Waals surface area contributed by atoms with E-state index in [2.05, 4.69) is 27.0 Å². The van der Waals surface area contributed by atoms with E-state index in [1.807, 2.05) is 0 Å². The van der Waals surface area contributed by atoms with Crippen LogP contribution in [0, 0.1) is 17.7 Å². The van der Waals surface area contributed by atoms with Gasteiger partial charge in [0.25, 0.3) is 0 Å². The van der Waals surface area contributed by atoms with E-state index in [0.29, 0.717) is 18.5 Å². The van der Waals surface area contributed by atoms with Gasteiger partial charge >= 0.3 is 0 Å². The monoisotopic (exact) mass is 333 g/mol. The number of nitrogens with one attached hydrogen (secondary N) is 5. The van der Waals surface area contributed by atoms with E-state index in [4.69, 9.17) is 0 Å². The lowest BCUT2D eigenvalue weighted by Crippen LogP contribution is -2.46. The Kier molecular flexibility index (Phi) is 4.49. The van der Waals surface area contributed by atoms with Crippen molar-refractivity contribution in [2.75, 3.05) is 13.1 Å². The molecule has 0 aromatic heterocycles. The van der Waals surface area contributed by atoms with E-state index < -0.39 is 0 Å². The average molecular weight is 333 g/mol. The zero-order chi connectivity index (χ0) is 16.5. The van der Waals surface area contributed by atoms with Gasteiger partial charge in [-0.05, 0) is 42.9 Å². The summed E-state index contributed by atoms with van der Waals surface area (Å²) in [5, 5.41) is 3.24. The number of hydrazine groups is 2. The van der Waals surface area contributed by atoms with Gasteiger partial charge in [-0.3, -0.25) is 21.1 Å². The van der Waals surface area contributed by atoms with Gasteiger partial charge in [0, 0.05) is 25.2 Å². The molecule has 1 aliphatic carbocycles.